The monoisotopic (exact) mass is 371 g/mol. The minimum Gasteiger partial charge on any atom is -0.398 e. The normalized spacial score (nSPS) is 23.8. The number of carbonyl (C=O) groups is 1. The van der Waals surface area contributed by atoms with Crippen molar-refractivity contribution in [2.45, 2.75) is 38.9 Å². The van der Waals surface area contributed by atoms with Crippen LogP contribution in [-0.2, 0) is 14.1 Å². The summed E-state index contributed by atoms with van der Waals surface area (Å²) < 4.78 is 26.6. The Kier molecular flexibility index (Phi) is 4.04. The quantitative estimate of drug-likeness (QED) is 0.546. The highest BCUT2D eigenvalue weighted by atomic mass is 35.5. The summed E-state index contributed by atoms with van der Waals surface area (Å²) in [5.41, 5.74) is -1.56. The van der Waals surface area contributed by atoms with Crippen molar-refractivity contribution < 1.29 is 18.5 Å². The predicted octanol–water partition coefficient (Wildman–Crippen LogP) is 4.28. The van der Waals surface area contributed by atoms with Gasteiger partial charge in [0.15, 0.2) is 0 Å². The van der Waals surface area contributed by atoms with Gasteiger partial charge in [-0.3, -0.25) is 4.79 Å². The molecule has 0 N–H and O–H groups in total. The molecule has 8 heteroatoms. The van der Waals surface area contributed by atoms with Crippen molar-refractivity contribution >= 4 is 47.5 Å². The largest absolute Gasteiger partial charge is 0.526 e. The van der Waals surface area contributed by atoms with Crippen molar-refractivity contribution in [3.8, 4) is 0 Å². The lowest BCUT2D eigenvalue weighted by atomic mass is 9.83. The number of rotatable bonds is 1. The molecule has 0 aromatic heterocycles. The standard InChI is InChI=1S/C16H17BCl2FNO3/c1-15(2)16(3,4)24-17(23-15)13(20)11-9-6-8(18)7-10(19)12(9)21(5)14(11)22/h6-7H,1-5H3. The number of hydrogen-bond acceptors (Lipinski definition) is 3. The fourth-order valence-corrected chi connectivity index (χ4v) is 3.40. The van der Waals surface area contributed by atoms with Crippen molar-refractivity contribution in [1.29, 1.82) is 0 Å². The lowest BCUT2D eigenvalue weighted by Gasteiger charge is -2.32. The van der Waals surface area contributed by atoms with Crippen molar-refractivity contribution in [3.05, 3.63) is 33.5 Å². The van der Waals surface area contributed by atoms with E-state index >= 15 is 4.39 Å². The Morgan fingerprint density at radius 1 is 1.17 bits per heavy atom. The molecule has 4 nitrogen and oxygen atoms in total. The SMILES string of the molecule is CN1C(=O)C(=C(F)B2OC(C)(C)C(C)(C)O2)c2cc(Cl)cc(Cl)c21. The smallest absolute Gasteiger partial charge is 0.398 e. The second kappa shape index (κ2) is 5.46. The molecule has 1 amide bonds. The first-order chi connectivity index (χ1) is 11.0. The van der Waals surface area contributed by atoms with Crippen molar-refractivity contribution in [2.24, 2.45) is 0 Å². The van der Waals surface area contributed by atoms with E-state index < -0.39 is 30.0 Å². The molecule has 1 fully saturated rings. The van der Waals surface area contributed by atoms with Crippen molar-refractivity contribution in [2.75, 3.05) is 11.9 Å². The zero-order valence-corrected chi connectivity index (χ0v) is 15.5. The van der Waals surface area contributed by atoms with Crippen LogP contribution in [0.15, 0.2) is 17.9 Å². The molecule has 1 saturated heterocycles. The predicted molar refractivity (Wildman–Crippen MR) is 94.0 cm³/mol. The maximum Gasteiger partial charge on any atom is 0.526 e. The van der Waals surface area contributed by atoms with Crippen LogP contribution in [0.2, 0.25) is 10.0 Å². The molecule has 2 aliphatic heterocycles. The first kappa shape index (κ1) is 17.7. The Morgan fingerprint density at radius 2 is 1.71 bits per heavy atom. The average molecular weight is 372 g/mol. The van der Waals surface area contributed by atoms with Crippen LogP contribution in [-0.4, -0.2) is 31.3 Å². The van der Waals surface area contributed by atoms with Gasteiger partial charge in [0, 0.05) is 17.6 Å². The molecule has 0 saturated carbocycles. The van der Waals surface area contributed by atoms with Gasteiger partial charge in [-0.05, 0) is 39.8 Å². The maximum absolute atomic E-state index is 15.2. The average Bonchev–Trinajstić information content (AvgIpc) is 2.80. The van der Waals surface area contributed by atoms with Crippen LogP contribution in [0.3, 0.4) is 0 Å². The van der Waals surface area contributed by atoms with Crippen LogP contribution < -0.4 is 4.90 Å². The van der Waals surface area contributed by atoms with Gasteiger partial charge in [-0.25, -0.2) is 4.39 Å². The molecule has 2 aliphatic rings. The highest BCUT2D eigenvalue weighted by Crippen LogP contribution is 2.46. The third kappa shape index (κ3) is 2.48. The fourth-order valence-electron chi connectivity index (χ4n) is 2.78. The summed E-state index contributed by atoms with van der Waals surface area (Å²) in [5.74, 6) is -0.513. The number of fused-ring (bicyclic) bond motifs is 1. The molecule has 0 bridgehead atoms. The number of halogens is 3. The summed E-state index contributed by atoms with van der Waals surface area (Å²) in [6.45, 7) is 7.26. The maximum atomic E-state index is 15.2. The van der Waals surface area contributed by atoms with Gasteiger partial charge in [0.05, 0.1) is 27.5 Å². The molecule has 2 heterocycles. The molecule has 0 spiro atoms. The molecule has 3 rings (SSSR count). The first-order valence-electron chi connectivity index (χ1n) is 7.49. The van der Waals surface area contributed by atoms with Crippen LogP contribution >= 0.6 is 23.2 Å². The molecule has 128 valence electrons. The van der Waals surface area contributed by atoms with E-state index in [9.17, 15) is 4.79 Å². The van der Waals surface area contributed by atoms with E-state index in [0.717, 1.165) is 0 Å². The van der Waals surface area contributed by atoms with Crippen LogP contribution in [0, 0.1) is 0 Å². The van der Waals surface area contributed by atoms with Gasteiger partial charge in [0.25, 0.3) is 5.91 Å². The van der Waals surface area contributed by atoms with E-state index in [1.54, 1.807) is 0 Å². The third-order valence-corrected chi connectivity index (χ3v) is 5.36. The Bertz CT molecular complexity index is 763. The van der Waals surface area contributed by atoms with Crippen LogP contribution in [0.5, 0.6) is 0 Å². The molecule has 0 aliphatic carbocycles. The Balaban J connectivity index is 2.13. The van der Waals surface area contributed by atoms with Crippen LogP contribution in [0.1, 0.15) is 33.3 Å². The second-order valence-corrected chi connectivity index (χ2v) is 7.80. The number of likely N-dealkylation sites (N-methyl/N-ethyl adjacent to an activating group) is 1. The number of hydrogen-bond donors (Lipinski definition) is 0. The molecule has 0 radical (unpaired) electrons. The van der Waals surface area contributed by atoms with Gasteiger partial charge in [-0.2, -0.15) is 0 Å². The lowest BCUT2D eigenvalue weighted by Crippen LogP contribution is -2.41. The Hall–Kier alpha value is -1.08. The molecule has 0 atom stereocenters. The summed E-state index contributed by atoms with van der Waals surface area (Å²) in [6, 6.07) is 3.03. The first-order valence-corrected chi connectivity index (χ1v) is 8.24. The van der Waals surface area contributed by atoms with E-state index in [0.29, 0.717) is 16.3 Å². The van der Waals surface area contributed by atoms with Crippen molar-refractivity contribution in [3.63, 3.8) is 0 Å². The van der Waals surface area contributed by atoms with Gasteiger partial charge in [0.2, 0.25) is 0 Å². The highest BCUT2D eigenvalue weighted by molar-refractivity contribution is 6.58. The molecule has 24 heavy (non-hydrogen) atoms. The van der Waals surface area contributed by atoms with Gasteiger partial charge in [-0.15, -0.1) is 0 Å². The Labute approximate surface area is 150 Å². The Morgan fingerprint density at radius 3 is 2.25 bits per heavy atom. The molecular weight excluding hydrogens is 355 g/mol. The third-order valence-electron chi connectivity index (χ3n) is 4.85. The number of carbonyl (C=O) groups excluding carboxylic acids is 1. The number of amides is 1. The summed E-state index contributed by atoms with van der Waals surface area (Å²) in [7, 11) is 0.275. The van der Waals surface area contributed by atoms with E-state index in [4.69, 9.17) is 32.5 Å². The number of nitrogens with zero attached hydrogens (tertiary/aromatic N) is 1. The minimum absolute atomic E-state index is 0.129. The number of anilines is 1. The highest BCUT2D eigenvalue weighted by Gasteiger charge is 2.54. The summed E-state index contributed by atoms with van der Waals surface area (Å²) >= 11 is 12.2. The molecule has 0 unspecified atom stereocenters. The van der Waals surface area contributed by atoms with E-state index in [-0.39, 0.29) is 10.6 Å². The van der Waals surface area contributed by atoms with Gasteiger partial charge in [0.1, 0.15) is 5.73 Å². The molecule has 1 aromatic rings. The van der Waals surface area contributed by atoms with E-state index in [1.807, 2.05) is 27.7 Å². The van der Waals surface area contributed by atoms with Crippen molar-refractivity contribution in [1.82, 2.24) is 0 Å². The fraction of sp³-hybridized carbons (Fsp3) is 0.438. The van der Waals surface area contributed by atoms with Gasteiger partial charge >= 0.3 is 7.12 Å². The zero-order valence-electron chi connectivity index (χ0n) is 14.0. The van der Waals surface area contributed by atoms with E-state index in [1.165, 1.54) is 24.1 Å². The zero-order chi connectivity index (χ0) is 18.0. The summed E-state index contributed by atoms with van der Waals surface area (Å²) in [4.78, 5) is 13.9. The van der Waals surface area contributed by atoms with Gasteiger partial charge in [-0.1, -0.05) is 23.2 Å². The summed E-state index contributed by atoms with van der Waals surface area (Å²) in [5, 5.41) is 0.603. The summed E-state index contributed by atoms with van der Waals surface area (Å²) in [6.07, 6.45) is 0. The minimum atomic E-state index is -1.26. The topological polar surface area (TPSA) is 38.8 Å². The van der Waals surface area contributed by atoms with Gasteiger partial charge < -0.3 is 14.2 Å². The lowest BCUT2D eigenvalue weighted by molar-refractivity contribution is -0.112. The molecule has 1 aromatic carbocycles. The second-order valence-electron chi connectivity index (χ2n) is 6.96. The molecular formula is C16H17BCl2FNO3. The van der Waals surface area contributed by atoms with E-state index in [2.05, 4.69) is 0 Å². The van der Waals surface area contributed by atoms with Crippen LogP contribution in [0.25, 0.3) is 5.57 Å². The number of benzene rings is 1. The van der Waals surface area contributed by atoms with Crippen LogP contribution in [0.4, 0.5) is 10.1 Å².